The van der Waals surface area contributed by atoms with Crippen LogP contribution >= 0.6 is 11.8 Å². The normalized spacial score (nSPS) is 11.4. The topological polar surface area (TPSA) is 118 Å². The highest BCUT2D eigenvalue weighted by Gasteiger charge is 2.35. The molecule has 0 aliphatic carbocycles. The van der Waals surface area contributed by atoms with Crippen LogP contribution in [0.4, 0.5) is 23.2 Å². The van der Waals surface area contributed by atoms with Crippen LogP contribution in [0, 0.1) is 5.82 Å². The molecule has 0 unspecified atom stereocenters. The Morgan fingerprint density at radius 1 is 1.20 bits per heavy atom. The van der Waals surface area contributed by atoms with E-state index in [2.05, 4.69) is 4.98 Å². The molecule has 1 aromatic carbocycles. The summed E-state index contributed by atoms with van der Waals surface area (Å²) >= 11 is 0.994. The van der Waals surface area contributed by atoms with Gasteiger partial charge in [0.25, 0.3) is 5.56 Å². The predicted molar refractivity (Wildman–Crippen MR) is 118 cm³/mol. The van der Waals surface area contributed by atoms with Crippen LogP contribution in [0.25, 0.3) is 5.69 Å². The molecule has 2 aromatic heterocycles. The number of carbonyl (C=O) groups excluding carboxylic acids is 1. The largest absolute Gasteiger partial charge is 0.465 e. The fraction of sp³-hybridized carbons (Fsp3) is 0.238. The van der Waals surface area contributed by atoms with E-state index in [9.17, 15) is 31.9 Å². The Morgan fingerprint density at radius 3 is 2.57 bits per heavy atom. The average molecular weight is 514 g/mol. The minimum atomic E-state index is -4.97. The molecular formula is C21H18F4N4O5S. The van der Waals surface area contributed by atoms with Crippen molar-refractivity contribution in [1.29, 1.82) is 0 Å². The maximum Gasteiger partial charge on any atom is 0.431 e. The molecule has 0 bridgehead atoms. The number of alkyl halides is 3. The number of ether oxygens (including phenoxy) is 2. The Bertz CT molecular complexity index is 1390. The van der Waals surface area contributed by atoms with Crippen LogP contribution in [0.5, 0.6) is 11.5 Å². The number of hydrogen-bond acceptors (Lipinski definition) is 8. The smallest absolute Gasteiger partial charge is 0.431 e. The van der Waals surface area contributed by atoms with Crippen molar-refractivity contribution < 1.29 is 31.8 Å². The summed E-state index contributed by atoms with van der Waals surface area (Å²) in [6, 6.07) is 4.85. The molecule has 186 valence electrons. The highest BCUT2D eigenvalue weighted by atomic mass is 32.2. The van der Waals surface area contributed by atoms with Gasteiger partial charge in [-0.05, 0) is 19.1 Å². The van der Waals surface area contributed by atoms with Gasteiger partial charge in [-0.1, -0.05) is 11.8 Å². The van der Waals surface area contributed by atoms with Crippen LogP contribution in [0.2, 0.25) is 0 Å². The lowest BCUT2D eigenvalue weighted by Crippen LogP contribution is -2.41. The van der Waals surface area contributed by atoms with E-state index in [0.29, 0.717) is 0 Å². The second-order valence-electron chi connectivity index (χ2n) is 6.89. The monoisotopic (exact) mass is 514 g/mol. The fourth-order valence-corrected chi connectivity index (χ4v) is 3.67. The summed E-state index contributed by atoms with van der Waals surface area (Å²) in [5.74, 6) is -1.81. The van der Waals surface area contributed by atoms with E-state index in [1.807, 2.05) is 0 Å². The van der Waals surface area contributed by atoms with Gasteiger partial charge in [0.2, 0.25) is 0 Å². The number of thioether (sulfide) groups is 1. The summed E-state index contributed by atoms with van der Waals surface area (Å²) in [4.78, 5) is 40.7. The Morgan fingerprint density at radius 2 is 1.91 bits per heavy atom. The molecule has 3 aromatic rings. The van der Waals surface area contributed by atoms with Crippen LogP contribution in [0.15, 0.2) is 51.1 Å². The Balaban J connectivity index is 2.05. The zero-order chi connectivity index (χ0) is 25.9. The Kier molecular flexibility index (Phi) is 7.53. The first-order valence-electron chi connectivity index (χ1n) is 9.85. The van der Waals surface area contributed by atoms with E-state index in [0.717, 1.165) is 30.9 Å². The first-order chi connectivity index (χ1) is 16.4. The van der Waals surface area contributed by atoms with Crippen LogP contribution in [-0.4, -0.2) is 32.4 Å². The first-order valence-corrected chi connectivity index (χ1v) is 10.8. The maximum atomic E-state index is 14.7. The van der Waals surface area contributed by atoms with Gasteiger partial charge in [0.1, 0.15) is 16.5 Å². The number of carbonyl (C=O) groups is 1. The fourth-order valence-electron chi connectivity index (χ4n) is 2.95. The lowest BCUT2D eigenvalue weighted by Gasteiger charge is -2.16. The average Bonchev–Trinajstić information content (AvgIpc) is 2.78. The number of aromatic nitrogens is 3. The maximum absolute atomic E-state index is 14.7. The van der Waals surface area contributed by atoms with E-state index < -0.39 is 40.6 Å². The van der Waals surface area contributed by atoms with E-state index in [1.54, 1.807) is 6.92 Å². The van der Waals surface area contributed by atoms with Gasteiger partial charge in [-0.2, -0.15) is 13.2 Å². The van der Waals surface area contributed by atoms with Gasteiger partial charge < -0.3 is 15.2 Å². The Labute approximate surface area is 199 Å². The summed E-state index contributed by atoms with van der Waals surface area (Å²) in [7, 11) is 0.802. The third-order valence-corrected chi connectivity index (χ3v) is 5.48. The van der Waals surface area contributed by atoms with E-state index in [1.165, 1.54) is 18.3 Å². The molecule has 0 fully saturated rings. The van der Waals surface area contributed by atoms with Crippen molar-refractivity contribution in [2.45, 2.75) is 18.1 Å². The summed E-state index contributed by atoms with van der Waals surface area (Å²) in [6.07, 6.45) is -3.54. The highest BCUT2D eigenvalue weighted by Crippen LogP contribution is 2.35. The third-order valence-electron chi connectivity index (χ3n) is 4.52. The summed E-state index contributed by atoms with van der Waals surface area (Å²) in [5.41, 5.74) is 0.616. The van der Waals surface area contributed by atoms with Gasteiger partial charge in [-0.15, -0.1) is 0 Å². The number of nitrogens with zero attached hydrogens (tertiary/aromatic N) is 3. The molecule has 0 saturated heterocycles. The lowest BCUT2D eigenvalue weighted by atomic mass is 10.2. The van der Waals surface area contributed by atoms with Gasteiger partial charge in [-0.3, -0.25) is 14.2 Å². The predicted octanol–water partition coefficient (Wildman–Crippen LogP) is 3.12. The van der Waals surface area contributed by atoms with Gasteiger partial charge in [0.05, 0.1) is 23.7 Å². The molecule has 3 rings (SSSR count). The SMILES string of the molecule is CCOC(=O)CSc1ncccc1Oc1cc(-n2c(=O)cc(C(F)(F)F)n(C)c2=O)c(F)cc1N. The summed E-state index contributed by atoms with van der Waals surface area (Å²) in [6.45, 7) is 1.85. The van der Waals surface area contributed by atoms with E-state index in [4.69, 9.17) is 15.2 Å². The molecule has 0 radical (unpaired) electrons. The molecule has 0 amide bonds. The zero-order valence-electron chi connectivity index (χ0n) is 18.3. The minimum absolute atomic E-state index is 0.0810. The molecule has 35 heavy (non-hydrogen) atoms. The highest BCUT2D eigenvalue weighted by molar-refractivity contribution is 8.00. The minimum Gasteiger partial charge on any atom is -0.465 e. The molecule has 0 aliphatic heterocycles. The lowest BCUT2D eigenvalue weighted by molar-refractivity contribution is -0.144. The second kappa shape index (κ2) is 10.2. The number of anilines is 1. The van der Waals surface area contributed by atoms with Gasteiger partial charge in [-0.25, -0.2) is 18.7 Å². The van der Waals surface area contributed by atoms with Gasteiger partial charge in [0, 0.05) is 31.4 Å². The number of hydrogen-bond donors (Lipinski definition) is 1. The van der Waals surface area contributed by atoms with E-state index in [-0.39, 0.29) is 49.8 Å². The number of nitrogens with two attached hydrogens (primary N) is 1. The molecule has 2 heterocycles. The summed E-state index contributed by atoms with van der Waals surface area (Å²) in [5, 5.41) is 0.258. The van der Waals surface area contributed by atoms with Crippen LogP contribution in [0.3, 0.4) is 0 Å². The van der Waals surface area contributed by atoms with Crippen LogP contribution < -0.4 is 21.7 Å². The molecule has 0 atom stereocenters. The van der Waals surface area contributed by atoms with Crippen molar-refractivity contribution in [1.82, 2.24) is 14.1 Å². The van der Waals surface area contributed by atoms with Crippen molar-refractivity contribution in [3.05, 3.63) is 68.9 Å². The van der Waals surface area contributed by atoms with Crippen molar-refractivity contribution in [2.24, 2.45) is 7.05 Å². The number of nitrogen functional groups attached to an aromatic ring is 1. The molecule has 0 spiro atoms. The van der Waals surface area contributed by atoms with Crippen molar-refractivity contribution in [3.63, 3.8) is 0 Å². The number of halogens is 4. The molecule has 0 aliphatic rings. The van der Waals surface area contributed by atoms with E-state index >= 15 is 0 Å². The first kappa shape index (κ1) is 25.8. The Hall–Kier alpha value is -3.81. The van der Waals surface area contributed by atoms with Crippen LogP contribution in [-0.2, 0) is 22.8 Å². The number of rotatable bonds is 7. The van der Waals surface area contributed by atoms with Crippen LogP contribution in [0.1, 0.15) is 12.6 Å². The van der Waals surface area contributed by atoms with Crippen molar-refractivity contribution in [2.75, 3.05) is 18.1 Å². The molecule has 9 nitrogen and oxygen atoms in total. The summed E-state index contributed by atoms with van der Waals surface area (Å²) < 4.78 is 65.0. The number of pyridine rings is 1. The molecule has 14 heteroatoms. The van der Waals surface area contributed by atoms with Crippen molar-refractivity contribution >= 4 is 23.4 Å². The molecule has 2 N–H and O–H groups in total. The third kappa shape index (κ3) is 5.65. The van der Waals surface area contributed by atoms with Gasteiger partial charge in [0.15, 0.2) is 11.5 Å². The van der Waals surface area contributed by atoms with Gasteiger partial charge >= 0.3 is 17.8 Å². The quantitative estimate of drug-likeness (QED) is 0.221. The second-order valence-corrected chi connectivity index (χ2v) is 7.85. The molecular weight excluding hydrogens is 496 g/mol. The number of esters is 1. The molecule has 0 saturated carbocycles. The number of benzene rings is 1. The zero-order valence-corrected chi connectivity index (χ0v) is 19.1. The standard InChI is InChI=1S/C21H18F4N4O5S/c1-3-33-18(31)10-35-19-14(5-4-6-27-19)34-15-8-13(11(22)7-12(15)26)29-17(30)9-16(21(23,24)25)28(2)20(29)32/h4-9H,3,10,26H2,1-2H3. The van der Waals surface area contributed by atoms with Crippen molar-refractivity contribution in [3.8, 4) is 17.2 Å².